The van der Waals surface area contributed by atoms with Gasteiger partial charge in [0.2, 0.25) is 5.91 Å². The molecular formula is C16H28N4O. The molecule has 1 aromatic heterocycles. The molecule has 1 unspecified atom stereocenters. The number of hydrogen-bond acceptors (Lipinski definition) is 3. The normalized spacial score (nSPS) is 17.3. The van der Waals surface area contributed by atoms with Crippen molar-refractivity contribution >= 4 is 5.91 Å². The minimum Gasteiger partial charge on any atom is -0.342 e. The molecule has 1 aliphatic rings. The van der Waals surface area contributed by atoms with Gasteiger partial charge < -0.3 is 10.6 Å². The van der Waals surface area contributed by atoms with Gasteiger partial charge in [0.05, 0.1) is 11.6 Å². The van der Waals surface area contributed by atoms with Gasteiger partial charge in [0.15, 0.2) is 0 Å². The van der Waals surface area contributed by atoms with Gasteiger partial charge in [-0.2, -0.15) is 5.10 Å². The number of aromatic nitrogens is 2. The van der Waals surface area contributed by atoms with Gasteiger partial charge in [0.25, 0.3) is 0 Å². The fourth-order valence-corrected chi connectivity index (χ4v) is 3.05. The molecule has 0 radical (unpaired) electrons. The summed E-state index contributed by atoms with van der Waals surface area (Å²) < 4.78 is 1.84. The van der Waals surface area contributed by atoms with Crippen LogP contribution in [0, 0.1) is 5.92 Å². The van der Waals surface area contributed by atoms with E-state index in [4.69, 9.17) is 5.73 Å². The van der Waals surface area contributed by atoms with Crippen molar-refractivity contribution in [3.63, 3.8) is 0 Å². The van der Waals surface area contributed by atoms with E-state index in [-0.39, 0.29) is 17.2 Å². The first-order valence-electron chi connectivity index (χ1n) is 7.84. The first-order chi connectivity index (χ1) is 9.82. The Morgan fingerprint density at radius 2 is 2.00 bits per heavy atom. The van der Waals surface area contributed by atoms with E-state index in [1.165, 1.54) is 0 Å². The zero-order valence-electron chi connectivity index (χ0n) is 13.7. The van der Waals surface area contributed by atoms with Crippen molar-refractivity contribution in [3.8, 4) is 0 Å². The molecule has 0 spiro atoms. The summed E-state index contributed by atoms with van der Waals surface area (Å²) in [7, 11) is 1.93. The summed E-state index contributed by atoms with van der Waals surface area (Å²) in [5.41, 5.74) is 8.07. The number of carbonyl (C=O) groups excluding carboxylic acids is 1. The van der Waals surface area contributed by atoms with Crippen LogP contribution < -0.4 is 5.73 Å². The molecule has 1 aliphatic heterocycles. The lowest BCUT2D eigenvalue weighted by atomic mass is 9.86. The number of carbonyl (C=O) groups is 1. The third kappa shape index (κ3) is 3.64. The van der Waals surface area contributed by atoms with E-state index in [1.54, 1.807) is 0 Å². The molecule has 0 saturated carbocycles. The Morgan fingerprint density at radius 3 is 2.52 bits per heavy atom. The largest absolute Gasteiger partial charge is 0.342 e. The van der Waals surface area contributed by atoms with Crippen LogP contribution >= 0.6 is 0 Å². The van der Waals surface area contributed by atoms with E-state index in [0.29, 0.717) is 13.0 Å². The minimum absolute atomic E-state index is 0.0214. The summed E-state index contributed by atoms with van der Waals surface area (Å²) >= 11 is 0. The molecule has 1 atom stereocenters. The zero-order valence-corrected chi connectivity index (χ0v) is 13.7. The molecule has 5 heteroatoms. The molecule has 118 valence electrons. The highest BCUT2D eigenvalue weighted by Crippen LogP contribution is 2.26. The Kier molecular flexibility index (Phi) is 4.71. The second-order valence-corrected chi connectivity index (χ2v) is 7.10. The maximum atomic E-state index is 12.6. The predicted octanol–water partition coefficient (Wildman–Crippen LogP) is 1.46. The second kappa shape index (κ2) is 6.18. The van der Waals surface area contributed by atoms with Gasteiger partial charge in [0, 0.05) is 38.3 Å². The molecule has 0 bridgehead atoms. The molecule has 2 N–H and O–H groups in total. The lowest BCUT2D eigenvalue weighted by Crippen LogP contribution is -2.38. The van der Waals surface area contributed by atoms with Crippen molar-refractivity contribution in [2.75, 3.05) is 19.6 Å². The van der Waals surface area contributed by atoms with Gasteiger partial charge in [-0.15, -0.1) is 0 Å². The molecule has 5 nitrogen and oxygen atoms in total. The average molecular weight is 292 g/mol. The highest BCUT2D eigenvalue weighted by molar-refractivity contribution is 5.79. The third-order valence-corrected chi connectivity index (χ3v) is 4.13. The van der Waals surface area contributed by atoms with Crippen LogP contribution in [0.4, 0.5) is 0 Å². The number of amides is 1. The Morgan fingerprint density at radius 1 is 1.38 bits per heavy atom. The van der Waals surface area contributed by atoms with Gasteiger partial charge in [-0.05, 0) is 24.8 Å². The number of nitrogens with zero attached hydrogens (tertiary/aromatic N) is 3. The summed E-state index contributed by atoms with van der Waals surface area (Å²) in [6.07, 6.45) is 4.94. The van der Waals surface area contributed by atoms with Crippen LogP contribution in [0.5, 0.6) is 0 Å². The zero-order chi connectivity index (χ0) is 15.6. The molecule has 1 saturated heterocycles. The van der Waals surface area contributed by atoms with E-state index >= 15 is 0 Å². The van der Waals surface area contributed by atoms with Gasteiger partial charge in [-0.1, -0.05) is 20.8 Å². The quantitative estimate of drug-likeness (QED) is 0.913. The maximum absolute atomic E-state index is 12.6. The number of nitrogens with two attached hydrogens (primary N) is 1. The van der Waals surface area contributed by atoms with E-state index in [2.05, 4.69) is 25.9 Å². The highest BCUT2D eigenvalue weighted by atomic mass is 16.2. The molecular weight excluding hydrogens is 264 g/mol. The van der Waals surface area contributed by atoms with Crippen molar-refractivity contribution in [1.29, 1.82) is 0 Å². The third-order valence-electron chi connectivity index (χ3n) is 4.13. The fourth-order valence-electron chi connectivity index (χ4n) is 3.05. The van der Waals surface area contributed by atoms with E-state index in [0.717, 1.165) is 37.2 Å². The molecule has 0 aliphatic carbocycles. The summed E-state index contributed by atoms with van der Waals surface area (Å²) in [5, 5.41) is 4.58. The van der Waals surface area contributed by atoms with E-state index in [9.17, 15) is 4.79 Å². The van der Waals surface area contributed by atoms with Gasteiger partial charge in [-0.25, -0.2) is 0 Å². The Hall–Kier alpha value is -1.36. The lowest BCUT2D eigenvalue weighted by Gasteiger charge is -2.23. The Bertz CT molecular complexity index is 495. The lowest BCUT2D eigenvalue weighted by molar-refractivity contribution is -0.134. The van der Waals surface area contributed by atoms with Gasteiger partial charge in [0.1, 0.15) is 0 Å². The van der Waals surface area contributed by atoms with Crippen molar-refractivity contribution in [2.45, 2.75) is 45.4 Å². The summed E-state index contributed by atoms with van der Waals surface area (Å²) in [6.45, 7) is 8.62. The van der Waals surface area contributed by atoms with Crippen LogP contribution in [0.25, 0.3) is 0 Å². The van der Waals surface area contributed by atoms with Crippen molar-refractivity contribution in [3.05, 3.63) is 17.5 Å². The predicted molar refractivity (Wildman–Crippen MR) is 84.0 cm³/mol. The molecule has 2 heterocycles. The van der Waals surface area contributed by atoms with E-state index < -0.39 is 0 Å². The Balaban J connectivity index is 2.17. The van der Waals surface area contributed by atoms with E-state index in [1.807, 2.05) is 22.8 Å². The molecule has 0 aromatic carbocycles. The van der Waals surface area contributed by atoms with Gasteiger partial charge in [-0.3, -0.25) is 9.48 Å². The number of likely N-dealkylation sites (tertiary alicyclic amines) is 1. The monoisotopic (exact) mass is 292 g/mol. The number of aryl methyl sites for hydroxylation is 1. The molecule has 1 amide bonds. The average Bonchev–Trinajstić information content (AvgIpc) is 3.03. The highest BCUT2D eigenvalue weighted by Gasteiger charge is 2.29. The SMILES string of the molecule is Cn1cc(CC(CN)C(=O)N2CCCC2)c(C(C)(C)C)n1. The maximum Gasteiger partial charge on any atom is 0.227 e. The molecule has 21 heavy (non-hydrogen) atoms. The van der Waals surface area contributed by atoms with Crippen LogP contribution in [0.3, 0.4) is 0 Å². The molecule has 1 fully saturated rings. The summed E-state index contributed by atoms with van der Waals surface area (Å²) in [4.78, 5) is 14.5. The first kappa shape index (κ1) is 16.0. The van der Waals surface area contributed by atoms with Crippen LogP contribution in [0.15, 0.2) is 6.20 Å². The van der Waals surface area contributed by atoms with Crippen molar-refractivity contribution < 1.29 is 4.79 Å². The first-order valence-corrected chi connectivity index (χ1v) is 7.84. The minimum atomic E-state index is -0.131. The summed E-state index contributed by atoms with van der Waals surface area (Å²) in [5.74, 6) is 0.0760. The van der Waals surface area contributed by atoms with Gasteiger partial charge >= 0.3 is 0 Å². The topological polar surface area (TPSA) is 64.2 Å². The standard InChI is InChI=1S/C16H28N4O/c1-16(2,3)14-13(11-19(4)18-14)9-12(10-17)15(21)20-7-5-6-8-20/h11-12H,5-10,17H2,1-4H3. The molecule has 1 aromatic rings. The van der Waals surface area contributed by atoms with Crippen LogP contribution in [0.1, 0.15) is 44.9 Å². The van der Waals surface area contributed by atoms with Crippen molar-refractivity contribution in [1.82, 2.24) is 14.7 Å². The second-order valence-electron chi connectivity index (χ2n) is 7.10. The van der Waals surface area contributed by atoms with Crippen LogP contribution in [-0.2, 0) is 23.7 Å². The number of hydrogen-bond donors (Lipinski definition) is 1. The summed E-state index contributed by atoms with van der Waals surface area (Å²) in [6, 6.07) is 0. The van der Waals surface area contributed by atoms with Crippen LogP contribution in [0.2, 0.25) is 0 Å². The van der Waals surface area contributed by atoms with Crippen LogP contribution in [-0.4, -0.2) is 40.2 Å². The molecule has 2 rings (SSSR count). The van der Waals surface area contributed by atoms with Crippen molar-refractivity contribution in [2.24, 2.45) is 18.7 Å². The Labute approximate surface area is 127 Å². The number of rotatable bonds is 4. The smallest absolute Gasteiger partial charge is 0.227 e. The fraction of sp³-hybridized carbons (Fsp3) is 0.750.